The van der Waals surface area contributed by atoms with Crippen LogP contribution in [0.15, 0.2) is 0 Å². The fourth-order valence-corrected chi connectivity index (χ4v) is 4.32. The molecule has 21 heavy (non-hydrogen) atoms. The van der Waals surface area contributed by atoms with Gasteiger partial charge in [-0.05, 0) is 51.5 Å². The number of aryl methyl sites for hydroxylation is 3. The Morgan fingerprint density at radius 3 is 2.81 bits per heavy atom. The Morgan fingerprint density at radius 2 is 2.05 bits per heavy atom. The highest BCUT2D eigenvalue weighted by molar-refractivity contribution is 7.18. The van der Waals surface area contributed by atoms with Crippen molar-refractivity contribution < 1.29 is 0 Å². The highest BCUT2D eigenvalue weighted by atomic mass is 32.1. The second-order valence-electron chi connectivity index (χ2n) is 6.26. The van der Waals surface area contributed by atoms with E-state index in [1.54, 1.807) is 11.3 Å². The van der Waals surface area contributed by atoms with E-state index in [1.807, 2.05) is 6.92 Å². The maximum Gasteiger partial charge on any atom is 0.138 e. The SMILES string of the molecule is Cc1nc(NCC2CCCC(N)C2)c2c(C)c(C)sc2n1. The van der Waals surface area contributed by atoms with Gasteiger partial charge in [-0.25, -0.2) is 9.97 Å². The molecule has 0 radical (unpaired) electrons. The monoisotopic (exact) mass is 304 g/mol. The van der Waals surface area contributed by atoms with Crippen LogP contribution in [0, 0.1) is 26.7 Å². The van der Waals surface area contributed by atoms with E-state index in [0.29, 0.717) is 12.0 Å². The van der Waals surface area contributed by atoms with Crippen molar-refractivity contribution in [1.82, 2.24) is 9.97 Å². The molecule has 2 unspecified atom stereocenters. The summed E-state index contributed by atoms with van der Waals surface area (Å²) in [5.74, 6) is 2.50. The summed E-state index contributed by atoms with van der Waals surface area (Å²) in [4.78, 5) is 11.6. The van der Waals surface area contributed by atoms with E-state index in [-0.39, 0.29) is 0 Å². The van der Waals surface area contributed by atoms with Crippen LogP contribution in [0.4, 0.5) is 5.82 Å². The Balaban J connectivity index is 1.83. The predicted molar refractivity (Wildman–Crippen MR) is 90.0 cm³/mol. The third-order valence-electron chi connectivity index (χ3n) is 4.52. The molecule has 3 N–H and O–H groups in total. The van der Waals surface area contributed by atoms with Gasteiger partial charge in [0.1, 0.15) is 16.5 Å². The molecule has 0 aliphatic heterocycles. The highest BCUT2D eigenvalue weighted by Crippen LogP contribution is 2.33. The molecule has 4 nitrogen and oxygen atoms in total. The minimum atomic E-state index is 0.378. The van der Waals surface area contributed by atoms with Crippen LogP contribution in [0.5, 0.6) is 0 Å². The van der Waals surface area contributed by atoms with Crippen molar-refractivity contribution in [2.24, 2.45) is 11.7 Å². The molecule has 0 spiro atoms. The summed E-state index contributed by atoms with van der Waals surface area (Å²) in [5, 5.41) is 4.77. The number of anilines is 1. The lowest BCUT2D eigenvalue weighted by Gasteiger charge is -2.27. The number of fused-ring (bicyclic) bond motifs is 1. The summed E-state index contributed by atoms with van der Waals surface area (Å²) in [5.41, 5.74) is 7.39. The van der Waals surface area contributed by atoms with Crippen molar-refractivity contribution in [3.63, 3.8) is 0 Å². The first-order valence-corrected chi connectivity index (χ1v) is 8.60. The normalized spacial score (nSPS) is 22.7. The summed E-state index contributed by atoms with van der Waals surface area (Å²) < 4.78 is 0. The van der Waals surface area contributed by atoms with Gasteiger partial charge >= 0.3 is 0 Å². The zero-order valence-corrected chi connectivity index (χ0v) is 13.9. The average molecular weight is 304 g/mol. The maximum atomic E-state index is 6.08. The van der Waals surface area contributed by atoms with Crippen LogP contribution in [0.25, 0.3) is 10.2 Å². The van der Waals surface area contributed by atoms with Gasteiger partial charge in [-0.15, -0.1) is 11.3 Å². The molecule has 2 atom stereocenters. The molecule has 0 amide bonds. The van der Waals surface area contributed by atoms with Gasteiger partial charge in [0.2, 0.25) is 0 Å². The fourth-order valence-electron chi connectivity index (χ4n) is 3.24. The largest absolute Gasteiger partial charge is 0.369 e. The van der Waals surface area contributed by atoms with Crippen LogP contribution in [-0.2, 0) is 0 Å². The zero-order chi connectivity index (χ0) is 15.0. The number of nitrogens with one attached hydrogen (secondary N) is 1. The van der Waals surface area contributed by atoms with E-state index in [0.717, 1.165) is 29.4 Å². The van der Waals surface area contributed by atoms with Gasteiger partial charge in [0, 0.05) is 17.5 Å². The maximum absolute atomic E-state index is 6.08. The lowest BCUT2D eigenvalue weighted by atomic mass is 9.86. The highest BCUT2D eigenvalue weighted by Gasteiger charge is 2.20. The molecule has 3 rings (SSSR count). The summed E-state index contributed by atoms with van der Waals surface area (Å²) in [6.45, 7) is 7.24. The molecule has 1 saturated carbocycles. The fraction of sp³-hybridized carbons (Fsp3) is 0.625. The van der Waals surface area contributed by atoms with E-state index in [4.69, 9.17) is 5.73 Å². The van der Waals surface area contributed by atoms with Crippen LogP contribution >= 0.6 is 11.3 Å². The summed E-state index contributed by atoms with van der Waals surface area (Å²) in [7, 11) is 0. The number of rotatable bonds is 3. The molecule has 1 aliphatic carbocycles. The second-order valence-corrected chi connectivity index (χ2v) is 7.46. The summed E-state index contributed by atoms with van der Waals surface area (Å²) in [6.07, 6.45) is 4.83. The standard InChI is InChI=1S/C16H24N4S/c1-9-10(2)21-16-14(9)15(19-11(3)20-16)18-8-12-5-4-6-13(17)7-12/h12-13H,4-8,17H2,1-3H3,(H,18,19,20). The van der Waals surface area contributed by atoms with Gasteiger partial charge in [-0.1, -0.05) is 6.42 Å². The number of nitrogens with zero attached hydrogens (tertiary/aromatic N) is 2. The second kappa shape index (κ2) is 5.89. The molecular formula is C16H24N4S. The van der Waals surface area contributed by atoms with Gasteiger partial charge in [0.25, 0.3) is 0 Å². The first-order chi connectivity index (χ1) is 10.0. The smallest absolute Gasteiger partial charge is 0.138 e. The molecule has 5 heteroatoms. The van der Waals surface area contributed by atoms with Gasteiger partial charge < -0.3 is 11.1 Å². The molecular weight excluding hydrogens is 280 g/mol. The van der Waals surface area contributed by atoms with Crippen molar-refractivity contribution in [2.75, 3.05) is 11.9 Å². The molecule has 0 bridgehead atoms. The number of aromatic nitrogens is 2. The third kappa shape index (κ3) is 3.04. The number of hydrogen-bond donors (Lipinski definition) is 2. The Labute approximate surface area is 130 Å². The molecule has 1 aliphatic rings. The van der Waals surface area contributed by atoms with E-state index in [1.165, 1.54) is 35.1 Å². The molecule has 2 heterocycles. The van der Waals surface area contributed by atoms with Crippen LogP contribution in [0.3, 0.4) is 0 Å². The van der Waals surface area contributed by atoms with Crippen molar-refractivity contribution in [3.8, 4) is 0 Å². The Morgan fingerprint density at radius 1 is 1.24 bits per heavy atom. The van der Waals surface area contributed by atoms with Crippen LogP contribution in [0.2, 0.25) is 0 Å². The van der Waals surface area contributed by atoms with Gasteiger partial charge in [-0.3, -0.25) is 0 Å². The summed E-state index contributed by atoms with van der Waals surface area (Å²) in [6, 6.07) is 0.378. The zero-order valence-electron chi connectivity index (χ0n) is 13.1. The van der Waals surface area contributed by atoms with Gasteiger partial charge in [0.05, 0.1) is 5.39 Å². The Bertz CT molecular complexity index is 649. The quantitative estimate of drug-likeness (QED) is 0.910. The molecule has 0 saturated heterocycles. The molecule has 1 fully saturated rings. The van der Waals surface area contributed by atoms with E-state index in [9.17, 15) is 0 Å². The van der Waals surface area contributed by atoms with Crippen LogP contribution in [0.1, 0.15) is 41.9 Å². The number of hydrogen-bond acceptors (Lipinski definition) is 5. The lowest BCUT2D eigenvalue weighted by molar-refractivity contribution is 0.335. The van der Waals surface area contributed by atoms with Crippen molar-refractivity contribution >= 4 is 27.4 Å². The van der Waals surface area contributed by atoms with Crippen LogP contribution in [-0.4, -0.2) is 22.6 Å². The predicted octanol–water partition coefficient (Wildman–Crippen LogP) is 3.55. The van der Waals surface area contributed by atoms with E-state index >= 15 is 0 Å². The van der Waals surface area contributed by atoms with Crippen molar-refractivity contribution in [2.45, 2.75) is 52.5 Å². The minimum absolute atomic E-state index is 0.378. The van der Waals surface area contributed by atoms with Crippen LogP contribution < -0.4 is 11.1 Å². The average Bonchev–Trinajstić information content (AvgIpc) is 2.71. The topological polar surface area (TPSA) is 63.8 Å². The third-order valence-corrected chi connectivity index (χ3v) is 5.62. The molecule has 0 aromatic carbocycles. The van der Waals surface area contributed by atoms with Crippen molar-refractivity contribution in [1.29, 1.82) is 0 Å². The van der Waals surface area contributed by atoms with Gasteiger partial charge in [-0.2, -0.15) is 0 Å². The minimum Gasteiger partial charge on any atom is -0.369 e. The van der Waals surface area contributed by atoms with E-state index < -0.39 is 0 Å². The molecule has 2 aromatic heterocycles. The Kier molecular flexibility index (Phi) is 4.13. The number of nitrogens with two attached hydrogens (primary N) is 1. The van der Waals surface area contributed by atoms with Gasteiger partial charge in [0.15, 0.2) is 0 Å². The summed E-state index contributed by atoms with van der Waals surface area (Å²) >= 11 is 1.76. The van der Waals surface area contributed by atoms with Crippen molar-refractivity contribution in [3.05, 3.63) is 16.3 Å². The van der Waals surface area contributed by atoms with E-state index in [2.05, 4.69) is 29.1 Å². The molecule has 114 valence electrons. The lowest BCUT2D eigenvalue weighted by Crippen LogP contribution is -2.31. The molecule has 2 aromatic rings. The first-order valence-electron chi connectivity index (χ1n) is 7.78. The number of thiophene rings is 1. The first kappa shape index (κ1) is 14.7. The Hall–Kier alpha value is -1.20.